The lowest BCUT2D eigenvalue weighted by Crippen LogP contribution is -2.19. The topological polar surface area (TPSA) is 71.7 Å². The van der Waals surface area contributed by atoms with Crippen LogP contribution in [0.25, 0.3) is 11.3 Å². The maximum absolute atomic E-state index is 13.0. The van der Waals surface area contributed by atoms with Crippen molar-refractivity contribution in [2.45, 2.75) is 18.7 Å². The van der Waals surface area contributed by atoms with Crippen molar-refractivity contribution < 1.29 is 17.2 Å². The smallest absolute Gasteiger partial charge is 0.276 e. The summed E-state index contributed by atoms with van der Waals surface area (Å²) in [6.45, 7) is 3.54. The molecular weight excluding hydrogens is 355 g/mol. The molecule has 1 aromatic heterocycles. The van der Waals surface area contributed by atoms with Gasteiger partial charge >= 0.3 is 0 Å². The molecule has 0 aliphatic rings. The van der Waals surface area contributed by atoms with Gasteiger partial charge in [-0.05, 0) is 67.4 Å². The Hall–Kier alpha value is -2.93. The number of aryl methyl sites for hydroxylation is 2. The Labute approximate surface area is 151 Å². The van der Waals surface area contributed by atoms with Crippen LogP contribution in [0, 0.1) is 19.7 Å². The molecule has 0 amide bonds. The zero-order valence-electron chi connectivity index (χ0n) is 14.2. The van der Waals surface area contributed by atoms with E-state index in [4.69, 9.17) is 4.42 Å². The van der Waals surface area contributed by atoms with Crippen LogP contribution in [-0.2, 0) is 10.0 Å². The summed E-state index contributed by atoms with van der Waals surface area (Å²) in [6.07, 6.45) is 1.27. The van der Waals surface area contributed by atoms with Crippen molar-refractivity contribution in [3.05, 3.63) is 77.3 Å². The first-order valence-corrected chi connectivity index (χ1v) is 9.31. The van der Waals surface area contributed by atoms with E-state index in [9.17, 15) is 12.8 Å². The van der Waals surface area contributed by atoms with Crippen molar-refractivity contribution in [2.24, 2.45) is 5.10 Å². The van der Waals surface area contributed by atoms with E-state index < -0.39 is 10.0 Å². The highest BCUT2D eigenvalue weighted by Gasteiger charge is 2.15. The molecule has 0 aliphatic carbocycles. The van der Waals surface area contributed by atoms with E-state index in [-0.39, 0.29) is 10.7 Å². The fourth-order valence-corrected chi connectivity index (χ4v) is 3.52. The van der Waals surface area contributed by atoms with Crippen LogP contribution in [0.3, 0.4) is 0 Å². The van der Waals surface area contributed by atoms with E-state index in [2.05, 4.69) is 9.93 Å². The van der Waals surface area contributed by atoms with Crippen LogP contribution in [0.4, 0.5) is 4.39 Å². The van der Waals surface area contributed by atoms with Crippen LogP contribution in [0.15, 0.2) is 69.0 Å². The van der Waals surface area contributed by atoms with Gasteiger partial charge in [-0.15, -0.1) is 0 Å². The molecule has 0 saturated carbocycles. The normalized spacial score (nSPS) is 11.8. The van der Waals surface area contributed by atoms with Gasteiger partial charge in [0.1, 0.15) is 17.3 Å². The summed E-state index contributed by atoms with van der Waals surface area (Å²) in [6, 6.07) is 14.4. The van der Waals surface area contributed by atoms with Crippen molar-refractivity contribution in [2.75, 3.05) is 0 Å². The molecule has 0 aliphatic heterocycles. The molecule has 0 atom stereocenters. The molecule has 134 valence electrons. The number of nitrogens with one attached hydrogen (secondary N) is 1. The highest BCUT2D eigenvalue weighted by molar-refractivity contribution is 7.89. The Balaban J connectivity index is 1.74. The molecule has 2 aromatic carbocycles. The molecule has 0 radical (unpaired) electrons. The van der Waals surface area contributed by atoms with Gasteiger partial charge in [-0.25, -0.2) is 4.39 Å². The summed E-state index contributed by atoms with van der Waals surface area (Å²) in [5, 5.41) is 3.76. The van der Waals surface area contributed by atoms with Gasteiger partial charge in [0.25, 0.3) is 10.0 Å². The Morgan fingerprint density at radius 2 is 1.77 bits per heavy atom. The number of furan rings is 1. The second kappa shape index (κ2) is 7.13. The van der Waals surface area contributed by atoms with Crippen molar-refractivity contribution in [1.82, 2.24) is 4.83 Å². The third-order valence-corrected chi connectivity index (χ3v) is 5.12. The zero-order chi connectivity index (χ0) is 18.7. The third kappa shape index (κ3) is 4.00. The monoisotopic (exact) mass is 372 g/mol. The molecule has 0 unspecified atom stereocenters. The third-order valence-electron chi connectivity index (χ3n) is 3.75. The van der Waals surface area contributed by atoms with Gasteiger partial charge in [-0.1, -0.05) is 12.1 Å². The highest BCUT2D eigenvalue weighted by atomic mass is 32.2. The average molecular weight is 372 g/mol. The lowest BCUT2D eigenvalue weighted by Gasteiger charge is -2.07. The molecule has 26 heavy (non-hydrogen) atoms. The predicted octanol–water partition coefficient (Wildman–Crippen LogP) is 4.01. The van der Waals surface area contributed by atoms with Gasteiger partial charge in [0, 0.05) is 5.56 Å². The lowest BCUT2D eigenvalue weighted by atomic mass is 10.2. The molecule has 3 aromatic rings. The first kappa shape index (κ1) is 17.9. The van der Waals surface area contributed by atoms with Crippen LogP contribution in [0.1, 0.15) is 16.9 Å². The molecule has 7 heteroatoms. The number of halogens is 1. The highest BCUT2D eigenvalue weighted by Crippen LogP contribution is 2.22. The fraction of sp³-hybridized carbons (Fsp3) is 0.105. The zero-order valence-corrected chi connectivity index (χ0v) is 15.0. The van der Waals surface area contributed by atoms with Crippen molar-refractivity contribution in [3.63, 3.8) is 0 Å². The van der Waals surface area contributed by atoms with E-state index in [0.29, 0.717) is 22.6 Å². The minimum atomic E-state index is -3.76. The summed E-state index contributed by atoms with van der Waals surface area (Å²) in [5.41, 5.74) is 2.19. The molecule has 0 spiro atoms. The van der Waals surface area contributed by atoms with Gasteiger partial charge in [0.2, 0.25) is 0 Å². The van der Waals surface area contributed by atoms with Crippen molar-refractivity contribution in [1.29, 1.82) is 0 Å². The van der Waals surface area contributed by atoms with E-state index >= 15 is 0 Å². The van der Waals surface area contributed by atoms with Crippen LogP contribution < -0.4 is 4.83 Å². The molecule has 3 rings (SSSR count). The van der Waals surface area contributed by atoms with Crippen molar-refractivity contribution in [3.8, 4) is 11.3 Å². The summed E-state index contributed by atoms with van der Waals surface area (Å²) in [5.74, 6) is 0.569. The molecule has 1 N–H and O–H groups in total. The van der Waals surface area contributed by atoms with E-state index in [0.717, 1.165) is 5.56 Å². The van der Waals surface area contributed by atoms with Gasteiger partial charge in [0.15, 0.2) is 0 Å². The summed E-state index contributed by atoms with van der Waals surface area (Å²) in [7, 11) is -3.76. The molecule has 1 heterocycles. The molecule has 0 bridgehead atoms. The number of hydrazone groups is 1. The number of hydrogen-bond donors (Lipinski definition) is 1. The SMILES string of the molecule is Cc1ccc(C)c(S(=O)(=O)N/N=C/c2ccc(-c3ccc(F)cc3)o2)c1. The maximum atomic E-state index is 13.0. The second-order valence-corrected chi connectivity index (χ2v) is 7.46. The first-order chi connectivity index (χ1) is 12.3. The summed E-state index contributed by atoms with van der Waals surface area (Å²) in [4.78, 5) is 2.36. The predicted molar refractivity (Wildman–Crippen MR) is 97.9 cm³/mol. The minimum Gasteiger partial charge on any atom is -0.455 e. The number of hydrogen-bond acceptors (Lipinski definition) is 4. The molecule has 0 fully saturated rings. The second-order valence-electron chi connectivity index (χ2n) is 5.83. The summed E-state index contributed by atoms with van der Waals surface area (Å²) >= 11 is 0. The molecule has 0 saturated heterocycles. The minimum absolute atomic E-state index is 0.182. The van der Waals surface area contributed by atoms with Gasteiger partial charge in [-0.3, -0.25) is 0 Å². The lowest BCUT2D eigenvalue weighted by molar-refractivity contribution is 0.572. The number of nitrogens with zero attached hydrogens (tertiary/aromatic N) is 1. The fourth-order valence-electron chi connectivity index (χ4n) is 2.40. The van der Waals surface area contributed by atoms with Crippen LogP contribution in [0.5, 0.6) is 0 Å². The van der Waals surface area contributed by atoms with Gasteiger partial charge in [-0.2, -0.15) is 18.4 Å². The number of sulfonamides is 1. The maximum Gasteiger partial charge on any atom is 0.276 e. The van der Waals surface area contributed by atoms with E-state index in [1.54, 1.807) is 43.3 Å². The Bertz CT molecular complexity index is 1050. The van der Waals surface area contributed by atoms with E-state index in [1.807, 2.05) is 13.0 Å². The van der Waals surface area contributed by atoms with Crippen LogP contribution >= 0.6 is 0 Å². The van der Waals surface area contributed by atoms with Crippen LogP contribution in [0.2, 0.25) is 0 Å². The molecular formula is C19H17FN2O3S. The standard InChI is InChI=1S/C19H17FN2O3S/c1-13-3-4-14(2)19(11-13)26(23,24)22-21-12-17-9-10-18(25-17)15-5-7-16(20)8-6-15/h3-12,22H,1-2H3/b21-12+. The van der Waals surface area contributed by atoms with Gasteiger partial charge < -0.3 is 4.42 Å². The van der Waals surface area contributed by atoms with E-state index in [1.165, 1.54) is 18.3 Å². The Morgan fingerprint density at radius 1 is 1.04 bits per heavy atom. The van der Waals surface area contributed by atoms with Crippen molar-refractivity contribution >= 4 is 16.2 Å². The quantitative estimate of drug-likeness (QED) is 0.543. The molecule has 5 nitrogen and oxygen atoms in total. The van der Waals surface area contributed by atoms with Gasteiger partial charge in [0.05, 0.1) is 11.1 Å². The number of benzene rings is 2. The van der Waals surface area contributed by atoms with Crippen LogP contribution in [-0.4, -0.2) is 14.6 Å². The average Bonchev–Trinajstić information content (AvgIpc) is 3.06. The Kier molecular flexibility index (Phi) is 4.90. The first-order valence-electron chi connectivity index (χ1n) is 7.83. The largest absolute Gasteiger partial charge is 0.455 e. The Morgan fingerprint density at radius 3 is 2.50 bits per heavy atom. The summed E-state index contributed by atoms with van der Waals surface area (Å²) < 4.78 is 43.3. The number of rotatable bonds is 5.